The highest BCUT2D eigenvalue weighted by Gasteiger charge is 2.63. The molecule has 6 heteroatoms. The van der Waals surface area contributed by atoms with Gasteiger partial charge in [0.2, 0.25) is 0 Å². The summed E-state index contributed by atoms with van der Waals surface area (Å²) in [6, 6.07) is 4.47. The Morgan fingerprint density at radius 2 is 2.24 bits per heavy atom. The Bertz CT molecular complexity index is 631. The van der Waals surface area contributed by atoms with Gasteiger partial charge in [-0.15, -0.1) is 11.3 Å². The summed E-state index contributed by atoms with van der Waals surface area (Å²) < 4.78 is 12.0. The molecular weight excluding hydrogens is 336 g/mol. The Morgan fingerprint density at radius 3 is 3.04 bits per heavy atom. The van der Waals surface area contributed by atoms with Crippen molar-refractivity contribution in [1.29, 1.82) is 0 Å². The quantitative estimate of drug-likeness (QED) is 0.892. The van der Waals surface area contributed by atoms with E-state index in [4.69, 9.17) is 9.47 Å². The maximum absolute atomic E-state index is 12.3. The highest BCUT2D eigenvalue weighted by molar-refractivity contribution is 7.12. The molecule has 0 radical (unpaired) electrons. The number of ether oxygens (including phenoxy) is 2. The summed E-state index contributed by atoms with van der Waals surface area (Å²) in [5, 5.41) is 5.12. The molecule has 5 heterocycles. The second kappa shape index (κ2) is 6.34. The minimum absolute atomic E-state index is 0.0568. The molecular formula is C19H26N2O3S. The van der Waals surface area contributed by atoms with Crippen molar-refractivity contribution in [2.45, 2.75) is 43.4 Å². The lowest BCUT2D eigenvalue weighted by Gasteiger charge is -2.32. The third kappa shape index (κ3) is 2.74. The number of nitrogens with zero attached hydrogens (tertiary/aromatic N) is 1. The van der Waals surface area contributed by atoms with Gasteiger partial charge < -0.3 is 14.8 Å². The van der Waals surface area contributed by atoms with E-state index in [9.17, 15) is 4.79 Å². The molecule has 2 bridgehead atoms. The van der Waals surface area contributed by atoms with E-state index in [1.807, 2.05) is 17.5 Å². The molecule has 4 saturated heterocycles. The Morgan fingerprint density at radius 1 is 1.36 bits per heavy atom. The van der Waals surface area contributed by atoms with Gasteiger partial charge in [-0.05, 0) is 37.1 Å². The number of amides is 1. The summed E-state index contributed by atoms with van der Waals surface area (Å²) in [5.74, 6) is 1.09. The van der Waals surface area contributed by atoms with Gasteiger partial charge in [-0.3, -0.25) is 9.69 Å². The van der Waals surface area contributed by atoms with Crippen molar-refractivity contribution < 1.29 is 14.3 Å². The highest BCUT2D eigenvalue weighted by Crippen LogP contribution is 2.55. The fraction of sp³-hybridized carbons (Fsp3) is 0.737. The summed E-state index contributed by atoms with van der Waals surface area (Å²) in [4.78, 5) is 15.8. The van der Waals surface area contributed by atoms with Gasteiger partial charge in [0.05, 0.1) is 16.6 Å². The number of carbonyl (C=O) groups is 1. The van der Waals surface area contributed by atoms with Crippen LogP contribution in [0, 0.1) is 11.8 Å². The first-order valence-electron chi connectivity index (χ1n) is 9.56. The zero-order valence-corrected chi connectivity index (χ0v) is 15.3. The molecule has 4 aliphatic rings. The van der Waals surface area contributed by atoms with Gasteiger partial charge in [0.25, 0.3) is 5.91 Å². The Kier molecular flexibility index (Phi) is 4.12. The molecule has 5 nitrogen and oxygen atoms in total. The first kappa shape index (κ1) is 16.2. The van der Waals surface area contributed by atoms with Crippen molar-refractivity contribution in [3.8, 4) is 0 Å². The van der Waals surface area contributed by atoms with Crippen LogP contribution in [0.4, 0.5) is 0 Å². The third-order valence-corrected chi connectivity index (χ3v) is 7.63. The van der Waals surface area contributed by atoms with E-state index in [0.29, 0.717) is 24.0 Å². The number of thiophene rings is 1. The second-order valence-corrected chi connectivity index (χ2v) is 8.94. The van der Waals surface area contributed by atoms with Crippen molar-refractivity contribution in [2.24, 2.45) is 11.8 Å². The van der Waals surface area contributed by atoms with E-state index in [0.717, 1.165) is 57.0 Å². The summed E-state index contributed by atoms with van der Waals surface area (Å²) >= 11 is 1.50. The standard InChI is InChI=1S/C19H26N2O3S/c22-18(17-2-1-9-25-17)20-10-14-15-11-21(13-4-7-23-8-5-13)12-19(15)6-3-16(14)24-19/h1-2,9,13-16H,3-8,10-12H2,(H,20,22)/t14-,15+,16+,19+/m0/s1. The largest absolute Gasteiger partial charge is 0.381 e. The monoisotopic (exact) mass is 362 g/mol. The first-order chi connectivity index (χ1) is 12.3. The van der Waals surface area contributed by atoms with E-state index in [1.54, 1.807) is 0 Å². The number of hydrogen-bond donors (Lipinski definition) is 1. The molecule has 25 heavy (non-hydrogen) atoms. The predicted molar refractivity (Wildman–Crippen MR) is 95.9 cm³/mol. The summed E-state index contributed by atoms with van der Waals surface area (Å²) in [5.41, 5.74) is 0.0568. The van der Waals surface area contributed by atoms with E-state index < -0.39 is 0 Å². The molecule has 4 aliphatic heterocycles. The molecule has 1 amide bonds. The van der Waals surface area contributed by atoms with Gasteiger partial charge >= 0.3 is 0 Å². The van der Waals surface area contributed by atoms with Crippen LogP contribution in [0.1, 0.15) is 35.4 Å². The van der Waals surface area contributed by atoms with E-state index in [2.05, 4.69) is 10.2 Å². The van der Waals surface area contributed by atoms with E-state index in [1.165, 1.54) is 17.8 Å². The Hall–Kier alpha value is -0.950. The number of carbonyl (C=O) groups excluding carboxylic acids is 1. The second-order valence-electron chi connectivity index (χ2n) is 7.99. The van der Waals surface area contributed by atoms with Gasteiger partial charge in [0, 0.05) is 50.7 Å². The van der Waals surface area contributed by atoms with Crippen molar-refractivity contribution in [1.82, 2.24) is 10.2 Å². The van der Waals surface area contributed by atoms with Gasteiger partial charge in [-0.1, -0.05) is 6.07 Å². The van der Waals surface area contributed by atoms with Crippen molar-refractivity contribution in [2.75, 3.05) is 32.8 Å². The van der Waals surface area contributed by atoms with Crippen molar-refractivity contribution in [3.05, 3.63) is 22.4 Å². The van der Waals surface area contributed by atoms with Crippen LogP contribution in [0.2, 0.25) is 0 Å². The van der Waals surface area contributed by atoms with Crippen LogP contribution in [0.5, 0.6) is 0 Å². The molecule has 1 N–H and O–H groups in total. The molecule has 0 aliphatic carbocycles. The molecule has 0 aromatic carbocycles. The maximum atomic E-state index is 12.3. The van der Waals surface area contributed by atoms with Crippen LogP contribution in [0.15, 0.2) is 17.5 Å². The average molecular weight is 362 g/mol. The molecule has 4 atom stereocenters. The van der Waals surface area contributed by atoms with Crippen LogP contribution in [-0.4, -0.2) is 61.4 Å². The number of likely N-dealkylation sites (tertiary alicyclic amines) is 1. The minimum Gasteiger partial charge on any atom is -0.381 e. The lowest BCUT2D eigenvalue weighted by Crippen LogP contribution is -2.41. The molecule has 1 aromatic rings. The molecule has 0 saturated carbocycles. The lowest BCUT2D eigenvalue weighted by molar-refractivity contribution is -0.0122. The molecule has 5 rings (SSSR count). The molecule has 136 valence electrons. The zero-order chi connectivity index (χ0) is 16.9. The molecule has 1 spiro atoms. The third-order valence-electron chi connectivity index (χ3n) is 6.76. The molecule has 4 fully saturated rings. The summed E-state index contributed by atoms with van der Waals surface area (Å²) in [6.45, 7) is 4.73. The van der Waals surface area contributed by atoms with Crippen molar-refractivity contribution >= 4 is 17.2 Å². The van der Waals surface area contributed by atoms with Crippen LogP contribution >= 0.6 is 11.3 Å². The lowest BCUT2D eigenvalue weighted by atomic mass is 9.73. The topological polar surface area (TPSA) is 50.8 Å². The minimum atomic E-state index is 0.0568. The fourth-order valence-corrected chi connectivity index (χ4v) is 6.17. The van der Waals surface area contributed by atoms with Crippen LogP contribution < -0.4 is 5.32 Å². The van der Waals surface area contributed by atoms with Gasteiger partial charge in [-0.2, -0.15) is 0 Å². The highest BCUT2D eigenvalue weighted by atomic mass is 32.1. The van der Waals surface area contributed by atoms with Gasteiger partial charge in [-0.25, -0.2) is 0 Å². The van der Waals surface area contributed by atoms with Crippen LogP contribution in [-0.2, 0) is 9.47 Å². The SMILES string of the molecule is O=C(NC[C@H]1[C@H]2CN(C3CCOCC3)C[C@]23CC[C@H]1O3)c1cccs1. The van der Waals surface area contributed by atoms with Crippen LogP contribution in [0.3, 0.4) is 0 Å². The number of fused-ring (bicyclic) bond motifs is 1. The number of nitrogens with one attached hydrogen (secondary N) is 1. The summed E-state index contributed by atoms with van der Waals surface area (Å²) in [6.07, 6.45) is 4.97. The fourth-order valence-electron chi connectivity index (χ4n) is 5.53. The van der Waals surface area contributed by atoms with Crippen LogP contribution in [0.25, 0.3) is 0 Å². The normalized spacial score (nSPS) is 38.2. The smallest absolute Gasteiger partial charge is 0.261 e. The Balaban J connectivity index is 1.26. The summed E-state index contributed by atoms with van der Waals surface area (Å²) in [7, 11) is 0. The first-order valence-corrected chi connectivity index (χ1v) is 10.4. The molecule has 1 aromatic heterocycles. The van der Waals surface area contributed by atoms with E-state index in [-0.39, 0.29) is 11.5 Å². The van der Waals surface area contributed by atoms with Crippen molar-refractivity contribution in [3.63, 3.8) is 0 Å². The zero-order valence-electron chi connectivity index (χ0n) is 14.5. The molecule has 0 unspecified atom stereocenters. The van der Waals surface area contributed by atoms with Gasteiger partial charge in [0.15, 0.2) is 0 Å². The predicted octanol–water partition coefficient (Wildman–Crippen LogP) is 2.14. The van der Waals surface area contributed by atoms with Gasteiger partial charge in [0.1, 0.15) is 0 Å². The Labute approximate surface area is 152 Å². The maximum Gasteiger partial charge on any atom is 0.261 e. The van der Waals surface area contributed by atoms with E-state index >= 15 is 0 Å². The number of hydrogen-bond acceptors (Lipinski definition) is 5. The average Bonchev–Trinajstić information content (AvgIpc) is 3.40. The number of rotatable bonds is 4.